The molecule has 2 aromatic carbocycles. The Hall–Kier alpha value is -3.84. The van der Waals surface area contributed by atoms with Gasteiger partial charge in [0.25, 0.3) is 0 Å². The molecule has 0 radical (unpaired) electrons. The zero-order chi connectivity index (χ0) is 23.4. The number of rotatable bonds is 9. The molecule has 168 valence electrons. The second-order valence-corrected chi connectivity index (χ2v) is 8.38. The first-order valence-electron chi connectivity index (χ1n) is 10.4. The van der Waals surface area contributed by atoms with E-state index in [9.17, 15) is 9.90 Å². The van der Waals surface area contributed by atoms with E-state index in [1.165, 1.54) is 0 Å². The van der Waals surface area contributed by atoms with E-state index in [1.54, 1.807) is 37.8 Å². The first-order chi connectivity index (χ1) is 16.0. The number of hydrogen-bond donors (Lipinski definition) is 2. The van der Waals surface area contributed by atoms with E-state index in [2.05, 4.69) is 11.6 Å². The van der Waals surface area contributed by atoms with Gasteiger partial charge >= 0.3 is 5.97 Å². The number of aromatic nitrogens is 2. The smallest absolute Gasteiger partial charge is 0.307 e. The molecule has 0 aliphatic carbocycles. The first kappa shape index (κ1) is 22.4. The number of nitrogens with zero attached hydrogens (tertiary/aromatic N) is 1. The second-order valence-electron chi connectivity index (χ2n) is 7.38. The highest BCUT2D eigenvalue weighted by atomic mass is 32.1. The van der Waals surface area contributed by atoms with Crippen molar-refractivity contribution in [2.24, 2.45) is 0 Å². The molecule has 0 aliphatic rings. The van der Waals surface area contributed by atoms with Gasteiger partial charge in [-0.3, -0.25) is 4.79 Å². The maximum absolute atomic E-state index is 11.3. The Balaban J connectivity index is 1.86. The zero-order valence-electron chi connectivity index (χ0n) is 18.4. The van der Waals surface area contributed by atoms with Crippen LogP contribution in [-0.4, -0.2) is 35.3 Å². The van der Waals surface area contributed by atoms with E-state index < -0.39 is 5.97 Å². The van der Waals surface area contributed by atoms with E-state index in [0.29, 0.717) is 6.42 Å². The van der Waals surface area contributed by atoms with Gasteiger partial charge in [0.05, 0.1) is 36.9 Å². The number of nitrogens with one attached hydrogen (secondary N) is 1. The molecule has 0 aliphatic heterocycles. The van der Waals surface area contributed by atoms with Crippen molar-refractivity contribution in [2.45, 2.75) is 12.8 Å². The maximum atomic E-state index is 11.3. The Morgan fingerprint density at radius 2 is 1.67 bits per heavy atom. The minimum Gasteiger partial charge on any atom is -0.497 e. The number of ether oxygens (including phenoxy) is 2. The van der Waals surface area contributed by atoms with Gasteiger partial charge in [-0.15, -0.1) is 17.9 Å². The fraction of sp³-hybridized carbons (Fsp3) is 0.154. The van der Waals surface area contributed by atoms with Crippen LogP contribution in [0, 0.1) is 0 Å². The number of hydrogen-bond acceptors (Lipinski definition) is 5. The molecule has 4 rings (SSSR count). The number of H-pyrrole nitrogens is 1. The third-order valence-electron chi connectivity index (χ3n) is 5.33. The molecule has 0 fully saturated rings. The van der Waals surface area contributed by atoms with Crippen molar-refractivity contribution in [3.8, 4) is 43.9 Å². The van der Waals surface area contributed by atoms with Gasteiger partial charge in [-0.05, 0) is 71.6 Å². The van der Waals surface area contributed by atoms with E-state index in [4.69, 9.17) is 14.5 Å². The quantitative estimate of drug-likeness (QED) is 0.306. The first-order valence-corrected chi connectivity index (χ1v) is 11.2. The van der Waals surface area contributed by atoms with Crippen molar-refractivity contribution in [2.75, 3.05) is 14.2 Å². The predicted octanol–water partition coefficient (Wildman–Crippen LogP) is 5.85. The van der Waals surface area contributed by atoms with E-state index in [1.807, 2.05) is 48.5 Å². The maximum Gasteiger partial charge on any atom is 0.307 e. The van der Waals surface area contributed by atoms with Crippen LogP contribution in [0.5, 0.6) is 11.5 Å². The number of carboxylic acid groups (broad SMARTS) is 1. The summed E-state index contributed by atoms with van der Waals surface area (Å²) in [6.45, 7) is 3.84. The summed E-state index contributed by atoms with van der Waals surface area (Å²) in [6.07, 6.45) is 4.03. The predicted molar refractivity (Wildman–Crippen MR) is 131 cm³/mol. The monoisotopic (exact) mass is 460 g/mol. The number of aromatic amines is 1. The molecule has 2 heterocycles. The Morgan fingerprint density at radius 3 is 2.21 bits per heavy atom. The molecule has 0 amide bonds. The number of benzene rings is 2. The van der Waals surface area contributed by atoms with E-state index >= 15 is 0 Å². The lowest BCUT2D eigenvalue weighted by molar-refractivity contribution is -0.136. The normalized spacial score (nSPS) is 10.7. The molecule has 2 aromatic heterocycles. The molecule has 0 spiro atoms. The lowest BCUT2D eigenvalue weighted by Gasteiger charge is -2.05. The number of aliphatic carboxylic acids is 1. The lowest BCUT2D eigenvalue weighted by atomic mass is 10.0. The largest absolute Gasteiger partial charge is 0.497 e. The van der Waals surface area contributed by atoms with Crippen LogP contribution in [0.3, 0.4) is 0 Å². The standard InChI is InChI=1S/C26H24N2O4S/c1-4-5-21-18(14-22(29)30)15-27-24(21)26-28-23(16-6-10-19(31-2)11-7-16)25(33-26)17-8-12-20(32-3)13-9-17/h4,6-13,15,27H,1,5,14H2,2-3H3,(H,29,30). The summed E-state index contributed by atoms with van der Waals surface area (Å²) in [7, 11) is 3.28. The summed E-state index contributed by atoms with van der Waals surface area (Å²) >= 11 is 1.56. The molecule has 4 aromatic rings. The number of methoxy groups -OCH3 is 2. The van der Waals surface area contributed by atoms with Gasteiger partial charge in [0.1, 0.15) is 16.5 Å². The average Bonchev–Trinajstić information content (AvgIpc) is 3.44. The SMILES string of the molecule is C=CCc1c(CC(=O)O)c[nH]c1-c1nc(-c2ccc(OC)cc2)c(-c2ccc(OC)cc2)s1. The molecule has 33 heavy (non-hydrogen) atoms. The van der Waals surface area contributed by atoms with Crippen molar-refractivity contribution in [1.29, 1.82) is 0 Å². The van der Waals surface area contributed by atoms with Crippen molar-refractivity contribution < 1.29 is 19.4 Å². The van der Waals surface area contributed by atoms with Crippen LogP contribution in [0.1, 0.15) is 11.1 Å². The minimum atomic E-state index is -0.872. The van der Waals surface area contributed by atoms with Gasteiger partial charge in [-0.25, -0.2) is 4.98 Å². The molecular formula is C26H24N2O4S. The minimum absolute atomic E-state index is 0.0538. The summed E-state index contributed by atoms with van der Waals surface area (Å²) in [5.74, 6) is 0.685. The summed E-state index contributed by atoms with van der Waals surface area (Å²) in [5.41, 5.74) is 5.31. The van der Waals surface area contributed by atoms with Gasteiger partial charge in [-0.1, -0.05) is 6.08 Å². The highest BCUT2D eigenvalue weighted by Crippen LogP contribution is 2.42. The number of allylic oxidation sites excluding steroid dienone is 1. The van der Waals surface area contributed by atoms with Crippen LogP contribution >= 0.6 is 11.3 Å². The van der Waals surface area contributed by atoms with Crippen molar-refractivity contribution in [1.82, 2.24) is 9.97 Å². The van der Waals surface area contributed by atoms with Crippen LogP contribution in [-0.2, 0) is 17.6 Å². The molecule has 0 bridgehead atoms. The van der Waals surface area contributed by atoms with Crippen LogP contribution < -0.4 is 9.47 Å². The molecular weight excluding hydrogens is 436 g/mol. The Bertz CT molecular complexity index is 1210. The third-order valence-corrected chi connectivity index (χ3v) is 6.45. The number of thiazole rings is 1. The van der Waals surface area contributed by atoms with E-state index in [0.717, 1.165) is 55.0 Å². The highest BCUT2D eigenvalue weighted by Gasteiger charge is 2.21. The van der Waals surface area contributed by atoms with Crippen molar-refractivity contribution in [3.05, 3.63) is 78.5 Å². The fourth-order valence-corrected chi connectivity index (χ4v) is 4.82. The molecule has 0 unspecified atom stereocenters. The summed E-state index contributed by atoms with van der Waals surface area (Å²) < 4.78 is 10.6. The highest BCUT2D eigenvalue weighted by molar-refractivity contribution is 7.19. The zero-order valence-corrected chi connectivity index (χ0v) is 19.2. The molecule has 6 nitrogen and oxygen atoms in total. The van der Waals surface area contributed by atoms with Crippen molar-refractivity contribution >= 4 is 17.3 Å². The van der Waals surface area contributed by atoms with Crippen LogP contribution in [0.4, 0.5) is 0 Å². The number of carboxylic acids is 1. The van der Waals surface area contributed by atoms with Gasteiger partial charge in [0.2, 0.25) is 0 Å². The second kappa shape index (κ2) is 9.75. The molecule has 0 atom stereocenters. The van der Waals surface area contributed by atoms with Crippen LogP contribution in [0.2, 0.25) is 0 Å². The Morgan fingerprint density at radius 1 is 1.06 bits per heavy atom. The Labute approximate surface area is 196 Å². The lowest BCUT2D eigenvalue weighted by Crippen LogP contribution is -2.01. The van der Waals surface area contributed by atoms with Crippen molar-refractivity contribution in [3.63, 3.8) is 0 Å². The molecule has 2 N–H and O–H groups in total. The fourth-order valence-electron chi connectivity index (χ4n) is 3.69. The average molecular weight is 461 g/mol. The van der Waals surface area contributed by atoms with Gasteiger partial charge < -0.3 is 19.6 Å². The topological polar surface area (TPSA) is 84.4 Å². The molecule has 7 heteroatoms. The summed E-state index contributed by atoms with van der Waals surface area (Å²) in [5, 5.41) is 10.1. The third kappa shape index (κ3) is 4.68. The van der Waals surface area contributed by atoms with Crippen LogP contribution in [0.15, 0.2) is 67.4 Å². The summed E-state index contributed by atoms with van der Waals surface area (Å²) in [4.78, 5) is 20.6. The molecule has 0 saturated carbocycles. The summed E-state index contributed by atoms with van der Waals surface area (Å²) in [6, 6.07) is 15.7. The Kier molecular flexibility index (Phi) is 6.60. The van der Waals surface area contributed by atoms with Crippen LogP contribution in [0.25, 0.3) is 32.4 Å². The van der Waals surface area contributed by atoms with Gasteiger partial charge in [0.15, 0.2) is 0 Å². The van der Waals surface area contributed by atoms with Gasteiger partial charge in [-0.2, -0.15) is 0 Å². The van der Waals surface area contributed by atoms with E-state index in [-0.39, 0.29) is 6.42 Å². The molecule has 0 saturated heterocycles. The number of carbonyl (C=O) groups is 1. The van der Waals surface area contributed by atoms with Gasteiger partial charge in [0, 0.05) is 11.8 Å².